The molecule has 1 aromatic heterocycles. The molecule has 0 amide bonds. The van der Waals surface area contributed by atoms with Gasteiger partial charge in [0.05, 0.1) is 27.9 Å². The molecule has 5 aromatic rings. The van der Waals surface area contributed by atoms with Crippen LogP contribution in [0.3, 0.4) is 0 Å². The molecule has 0 aliphatic rings. The Morgan fingerprint density at radius 1 is 0.615 bits per heavy atom. The van der Waals surface area contributed by atoms with Crippen molar-refractivity contribution < 1.29 is 28.1 Å². The van der Waals surface area contributed by atoms with E-state index in [1.165, 1.54) is 57.3 Å². The van der Waals surface area contributed by atoms with Crippen molar-refractivity contribution in [3.05, 3.63) is 118 Å². The van der Waals surface area contributed by atoms with Gasteiger partial charge >= 0.3 is 0 Å². The lowest BCUT2D eigenvalue weighted by Crippen LogP contribution is -2.05. The summed E-state index contributed by atoms with van der Waals surface area (Å²) in [5.74, 6) is 8.85. The van der Waals surface area contributed by atoms with E-state index in [9.17, 15) is 4.79 Å². The Bertz CT molecular complexity index is 1960. The highest BCUT2D eigenvalue weighted by Crippen LogP contribution is 2.38. The summed E-state index contributed by atoms with van der Waals surface area (Å²) in [6, 6.07) is 28.9. The zero-order chi connectivity index (χ0) is 36.4. The van der Waals surface area contributed by atoms with Crippen LogP contribution in [0.25, 0.3) is 22.3 Å². The molecular weight excluding hydrogens is 652 g/mol. The van der Waals surface area contributed by atoms with Crippen LogP contribution in [0.15, 0.2) is 100 Å². The van der Waals surface area contributed by atoms with Gasteiger partial charge < -0.3 is 28.1 Å². The third kappa shape index (κ3) is 10.9. The number of ether oxygens (including phenoxy) is 5. The van der Waals surface area contributed by atoms with Gasteiger partial charge in [-0.05, 0) is 42.2 Å². The Morgan fingerprint density at radius 2 is 1.25 bits per heavy atom. The van der Waals surface area contributed by atoms with Crippen LogP contribution >= 0.6 is 0 Å². The lowest BCUT2D eigenvalue weighted by molar-refractivity contribution is 0.116. The standard InChI is InChI=1S/C45H50O7/c1-47-41-31-43-44(38(46)30-40(52-43)36-26-27-39(42(29-36)48-2)51-33-35-23-17-14-18-24-35)45(49-3)37(41)25-19-11-9-7-5-4-6-8-10-12-20-28-50-32-34-21-15-13-16-22-34/h13-18,21-24,26-27,29-31H,4-12,20,28,32-33H2,1-3H3. The van der Waals surface area contributed by atoms with E-state index in [2.05, 4.69) is 36.1 Å². The average molecular weight is 703 g/mol. The maximum absolute atomic E-state index is 13.5. The third-order valence-electron chi connectivity index (χ3n) is 8.96. The SMILES string of the molecule is COc1cc(-c2cc(=O)c3c(OC)c(C#CCCCCCCCCCCCOCc4ccccc4)c(OC)cc3o2)ccc1OCc1ccccc1. The number of hydrogen-bond acceptors (Lipinski definition) is 7. The van der Waals surface area contributed by atoms with Gasteiger partial charge in [0, 0.05) is 30.7 Å². The fourth-order valence-corrected chi connectivity index (χ4v) is 6.14. The lowest BCUT2D eigenvalue weighted by atomic mass is 10.0. The zero-order valence-electron chi connectivity index (χ0n) is 30.7. The molecule has 0 spiro atoms. The fourth-order valence-electron chi connectivity index (χ4n) is 6.14. The molecule has 0 saturated heterocycles. The summed E-state index contributed by atoms with van der Waals surface area (Å²) in [4.78, 5) is 13.5. The molecule has 0 N–H and O–H groups in total. The summed E-state index contributed by atoms with van der Waals surface area (Å²) >= 11 is 0. The molecule has 0 aliphatic carbocycles. The minimum atomic E-state index is -0.237. The molecule has 7 heteroatoms. The van der Waals surface area contributed by atoms with Gasteiger partial charge in [-0.25, -0.2) is 0 Å². The first-order valence-corrected chi connectivity index (χ1v) is 18.3. The van der Waals surface area contributed by atoms with E-state index in [0.717, 1.165) is 37.9 Å². The zero-order valence-corrected chi connectivity index (χ0v) is 30.7. The average Bonchev–Trinajstić information content (AvgIpc) is 3.18. The number of hydrogen-bond donors (Lipinski definition) is 0. The van der Waals surface area contributed by atoms with E-state index in [4.69, 9.17) is 28.1 Å². The number of rotatable bonds is 20. The van der Waals surface area contributed by atoms with Gasteiger partial charge in [-0.1, -0.05) is 117 Å². The Labute approximate surface area is 307 Å². The quantitative estimate of drug-likeness (QED) is 0.0590. The van der Waals surface area contributed by atoms with Crippen molar-refractivity contribution in [1.82, 2.24) is 0 Å². The summed E-state index contributed by atoms with van der Waals surface area (Å²) in [6.45, 7) is 1.94. The van der Waals surface area contributed by atoms with E-state index in [-0.39, 0.29) is 5.43 Å². The van der Waals surface area contributed by atoms with Crippen LogP contribution in [0.5, 0.6) is 23.0 Å². The molecular formula is C45H50O7. The van der Waals surface area contributed by atoms with E-state index in [1.54, 1.807) is 26.4 Å². The van der Waals surface area contributed by atoms with Crippen molar-refractivity contribution in [2.45, 2.75) is 77.4 Å². The van der Waals surface area contributed by atoms with Crippen molar-refractivity contribution >= 4 is 11.0 Å². The monoisotopic (exact) mass is 702 g/mol. The van der Waals surface area contributed by atoms with Gasteiger partial charge in [-0.2, -0.15) is 0 Å². The van der Waals surface area contributed by atoms with Crippen LogP contribution in [0, 0.1) is 11.8 Å². The highest BCUT2D eigenvalue weighted by atomic mass is 16.5. The molecule has 5 rings (SSSR count). The molecule has 4 aromatic carbocycles. The maximum Gasteiger partial charge on any atom is 0.197 e. The number of unbranched alkanes of at least 4 members (excludes halogenated alkanes) is 9. The minimum Gasteiger partial charge on any atom is -0.495 e. The van der Waals surface area contributed by atoms with Gasteiger partial charge in [0.2, 0.25) is 0 Å². The van der Waals surface area contributed by atoms with Crippen LogP contribution in [0.1, 0.15) is 80.9 Å². The largest absolute Gasteiger partial charge is 0.495 e. The molecule has 0 radical (unpaired) electrons. The van der Waals surface area contributed by atoms with E-state index < -0.39 is 0 Å². The van der Waals surface area contributed by atoms with Gasteiger partial charge in [-0.15, -0.1) is 0 Å². The van der Waals surface area contributed by atoms with Crippen molar-refractivity contribution in [1.29, 1.82) is 0 Å². The number of benzene rings is 4. The fraction of sp³-hybridized carbons (Fsp3) is 0.356. The predicted octanol–water partition coefficient (Wildman–Crippen LogP) is 10.5. The molecule has 52 heavy (non-hydrogen) atoms. The highest BCUT2D eigenvalue weighted by Gasteiger charge is 2.20. The summed E-state index contributed by atoms with van der Waals surface area (Å²) in [7, 11) is 4.69. The molecule has 0 bridgehead atoms. The van der Waals surface area contributed by atoms with Crippen LogP contribution in [-0.2, 0) is 18.0 Å². The summed E-state index contributed by atoms with van der Waals surface area (Å²) in [5, 5.41) is 0.325. The smallest absolute Gasteiger partial charge is 0.197 e. The van der Waals surface area contributed by atoms with Crippen molar-refractivity contribution in [3.63, 3.8) is 0 Å². The third-order valence-corrected chi connectivity index (χ3v) is 8.96. The Morgan fingerprint density at radius 3 is 1.90 bits per heavy atom. The Kier molecular flexibility index (Phi) is 15.1. The number of fused-ring (bicyclic) bond motifs is 1. The molecule has 0 aliphatic heterocycles. The van der Waals surface area contributed by atoms with Gasteiger partial charge in [0.1, 0.15) is 34.6 Å². The first-order chi connectivity index (χ1) is 25.6. The molecule has 0 fully saturated rings. The molecule has 7 nitrogen and oxygen atoms in total. The van der Waals surface area contributed by atoms with Crippen molar-refractivity contribution in [3.8, 4) is 46.2 Å². The highest BCUT2D eigenvalue weighted by molar-refractivity contribution is 5.90. The summed E-state index contributed by atoms with van der Waals surface area (Å²) in [6.07, 6.45) is 11.6. The van der Waals surface area contributed by atoms with Crippen molar-refractivity contribution in [2.24, 2.45) is 0 Å². The summed E-state index contributed by atoms with van der Waals surface area (Å²) in [5.41, 5.74) is 3.61. The van der Waals surface area contributed by atoms with E-state index in [1.807, 2.05) is 48.5 Å². The van der Waals surface area contributed by atoms with E-state index in [0.29, 0.717) is 64.1 Å². The second-order valence-electron chi connectivity index (χ2n) is 12.7. The first-order valence-electron chi connectivity index (χ1n) is 18.3. The molecule has 0 unspecified atom stereocenters. The predicted molar refractivity (Wildman–Crippen MR) is 207 cm³/mol. The van der Waals surface area contributed by atoms with Gasteiger partial charge in [0.25, 0.3) is 0 Å². The minimum absolute atomic E-state index is 0.237. The normalized spacial score (nSPS) is 10.8. The number of methoxy groups -OCH3 is 3. The van der Waals surface area contributed by atoms with Crippen LogP contribution in [0.2, 0.25) is 0 Å². The maximum atomic E-state index is 13.5. The second-order valence-corrected chi connectivity index (χ2v) is 12.7. The second kappa shape index (κ2) is 20.6. The van der Waals surface area contributed by atoms with Gasteiger partial charge in [0.15, 0.2) is 22.7 Å². The first kappa shape index (κ1) is 38.1. The molecule has 272 valence electrons. The van der Waals surface area contributed by atoms with Crippen molar-refractivity contribution in [2.75, 3.05) is 27.9 Å². The molecule has 0 saturated carbocycles. The molecule has 0 atom stereocenters. The van der Waals surface area contributed by atoms with Crippen LogP contribution < -0.4 is 24.4 Å². The lowest BCUT2D eigenvalue weighted by Gasteiger charge is -2.14. The summed E-state index contributed by atoms with van der Waals surface area (Å²) < 4.78 is 35.1. The topological polar surface area (TPSA) is 76.4 Å². The van der Waals surface area contributed by atoms with Gasteiger partial charge in [-0.3, -0.25) is 4.79 Å². The van der Waals surface area contributed by atoms with Crippen LogP contribution in [0.4, 0.5) is 0 Å². The molecule has 1 heterocycles. The Hall–Kier alpha value is -5.19. The Balaban J connectivity index is 1.11. The van der Waals surface area contributed by atoms with E-state index >= 15 is 0 Å². The van der Waals surface area contributed by atoms with Crippen LogP contribution in [-0.4, -0.2) is 27.9 Å².